The molecule has 0 unspecified atom stereocenters. The molecular formula is C31H25N3O3. The van der Waals surface area contributed by atoms with Crippen molar-refractivity contribution in [1.29, 1.82) is 0 Å². The van der Waals surface area contributed by atoms with Gasteiger partial charge in [0.2, 0.25) is 0 Å². The zero-order valence-corrected chi connectivity index (χ0v) is 20.1. The van der Waals surface area contributed by atoms with Gasteiger partial charge in [-0.2, -0.15) is 5.10 Å². The first-order valence-corrected chi connectivity index (χ1v) is 11.9. The first-order chi connectivity index (χ1) is 18.2. The van der Waals surface area contributed by atoms with Crippen LogP contribution in [-0.4, -0.2) is 17.1 Å². The van der Waals surface area contributed by atoms with Gasteiger partial charge in [-0.25, -0.2) is 10.4 Å². The Labute approximate surface area is 215 Å². The van der Waals surface area contributed by atoms with E-state index >= 15 is 0 Å². The molecule has 5 rings (SSSR count). The average molecular weight is 488 g/mol. The maximum atomic E-state index is 12.5. The van der Waals surface area contributed by atoms with E-state index in [-0.39, 0.29) is 5.91 Å². The van der Waals surface area contributed by atoms with Gasteiger partial charge in [0.1, 0.15) is 18.9 Å². The van der Waals surface area contributed by atoms with Gasteiger partial charge in [-0.15, -0.1) is 0 Å². The van der Waals surface area contributed by atoms with E-state index in [9.17, 15) is 4.79 Å². The van der Waals surface area contributed by atoms with E-state index in [0.717, 1.165) is 27.6 Å². The van der Waals surface area contributed by atoms with Crippen molar-refractivity contribution in [2.45, 2.75) is 13.2 Å². The Kier molecular flexibility index (Phi) is 7.47. The van der Waals surface area contributed by atoms with Crippen molar-refractivity contribution in [1.82, 2.24) is 10.4 Å². The van der Waals surface area contributed by atoms with E-state index in [4.69, 9.17) is 9.47 Å². The third-order valence-electron chi connectivity index (χ3n) is 5.65. The van der Waals surface area contributed by atoms with Gasteiger partial charge in [0.15, 0.2) is 11.5 Å². The number of carbonyl (C=O) groups excluding carboxylic acids is 1. The number of para-hydroxylation sites is 1. The highest BCUT2D eigenvalue weighted by Crippen LogP contribution is 2.29. The molecule has 182 valence electrons. The summed E-state index contributed by atoms with van der Waals surface area (Å²) < 4.78 is 12.2. The van der Waals surface area contributed by atoms with E-state index in [1.807, 2.05) is 109 Å². The van der Waals surface area contributed by atoms with Gasteiger partial charge in [0, 0.05) is 5.39 Å². The van der Waals surface area contributed by atoms with E-state index in [1.165, 1.54) is 0 Å². The highest BCUT2D eigenvalue weighted by atomic mass is 16.5. The van der Waals surface area contributed by atoms with Crippen molar-refractivity contribution in [2.75, 3.05) is 0 Å². The molecule has 0 fully saturated rings. The number of hydrogen-bond acceptors (Lipinski definition) is 5. The molecule has 0 bridgehead atoms. The molecule has 0 aliphatic carbocycles. The van der Waals surface area contributed by atoms with Crippen LogP contribution in [0.2, 0.25) is 0 Å². The number of benzene rings is 4. The lowest BCUT2D eigenvalue weighted by atomic mass is 10.2. The number of ether oxygens (including phenoxy) is 2. The van der Waals surface area contributed by atoms with E-state index in [0.29, 0.717) is 30.4 Å². The molecule has 0 saturated carbocycles. The fourth-order valence-electron chi connectivity index (χ4n) is 3.72. The van der Waals surface area contributed by atoms with Gasteiger partial charge in [0.25, 0.3) is 5.91 Å². The second kappa shape index (κ2) is 11.6. The molecule has 1 aromatic heterocycles. The zero-order valence-electron chi connectivity index (χ0n) is 20.1. The molecule has 0 spiro atoms. The second-order valence-electron chi connectivity index (χ2n) is 8.34. The van der Waals surface area contributed by atoms with Gasteiger partial charge in [0.05, 0.1) is 11.7 Å². The fraction of sp³-hybridized carbons (Fsp3) is 0.0645. The summed E-state index contributed by atoms with van der Waals surface area (Å²) >= 11 is 0. The van der Waals surface area contributed by atoms with Gasteiger partial charge < -0.3 is 9.47 Å². The molecule has 6 nitrogen and oxygen atoms in total. The summed E-state index contributed by atoms with van der Waals surface area (Å²) in [7, 11) is 0. The number of pyridine rings is 1. The fourth-order valence-corrected chi connectivity index (χ4v) is 3.72. The molecule has 1 N–H and O–H groups in total. The van der Waals surface area contributed by atoms with Crippen LogP contribution in [0.15, 0.2) is 120 Å². The van der Waals surface area contributed by atoms with Crippen LogP contribution in [0.1, 0.15) is 27.2 Å². The van der Waals surface area contributed by atoms with Gasteiger partial charge >= 0.3 is 0 Å². The Hall–Kier alpha value is -4.97. The molecule has 37 heavy (non-hydrogen) atoms. The minimum absolute atomic E-state index is 0.299. The Morgan fingerprint density at radius 1 is 0.730 bits per heavy atom. The molecule has 6 heteroatoms. The van der Waals surface area contributed by atoms with Crippen LogP contribution in [0.5, 0.6) is 11.5 Å². The number of nitrogens with one attached hydrogen (secondary N) is 1. The maximum Gasteiger partial charge on any atom is 0.289 e. The normalized spacial score (nSPS) is 10.9. The molecule has 0 aliphatic heterocycles. The Bertz CT molecular complexity index is 1520. The van der Waals surface area contributed by atoms with Crippen molar-refractivity contribution in [3.05, 3.63) is 138 Å². The predicted molar refractivity (Wildman–Crippen MR) is 145 cm³/mol. The lowest BCUT2D eigenvalue weighted by molar-refractivity contribution is 0.0950. The largest absolute Gasteiger partial charge is 0.485 e. The number of carbonyl (C=O) groups is 1. The summed E-state index contributed by atoms with van der Waals surface area (Å²) in [5.74, 6) is 0.831. The minimum atomic E-state index is -0.384. The number of hydrazone groups is 1. The highest BCUT2D eigenvalue weighted by molar-refractivity contribution is 5.95. The molecular weight excluding hydrogens is 462 g/mol. The Balaban J connectivity index is 1.29. The van der Waals surface area contributed by atoms with Crippen LogP contribution in [0.25, 0.3) is 10.9 Å². The summed E-state index contributed by atoms with van der Waals surface area (Å²) in [4.78, 5) is 16.9. The predicted octanol–water partition coefficient (Wildman–Crippen LogP) is 6.16. The van der Waals surface area contributed by atoms with Crippen LogP contribution in [0, 0.1) is 0 Å². The number of amides is 1. The number of fused-ring (bicyclic) bond motifs is 1. The van der Waals surface area contributed by atoms with E-state index in [2.05, 4.69) is 15.5 Å². The molecule has 4 aromatic carbocycles. The number of nitrogens with zero attached hydrogens (tertiary/aromatic N) is 2. The van der Waals surface area contributed by atoms with Gasteiger partial charge in [-0.05, 0) is 47.0 Å². The maximum absolute atomic E-state index is 12.5. The Morgan fingerprint density at radius 2 is 1.38 bits per heavy atom. The molecule has 5 aromatic rings. The van der Waals surface area contributed by atoms with Crippen molar-refractivity contribution >= 4 is 23.0 Å². The standard InChI is InChI=1S/C31H25N3O3/c35-31(28-17-16-26-13-7-8-14-27(26)33-28)34-32-20-25-15-18-29(36-21-23-9-3-1-4-10-23)30(19-25)37-22-24-11-5-2-6-12-24/h1-20H,21-22H2,(H,34,35)/b32-20+. The number of rotatable bonds is 9. The molecule has 0 saturated heterocycles. The van der Waals surface area contributed by atoms with E-state index < -0.39 is 0 Å². The molecule has 0 aliphatic rings. The van der Waals surface area contributed by atoms with Crippen LogP contribution in [0.4, 0.5) is 0 Å². The van der Waals surface area contributed by atoms with Gasteiger partial charge in [-0.1, -0.05) is 84.9 Å². The van der Waals surface area contributed by atoms with Crippen molar-refractivity contribution in [3.63, 3.8) is 0 Å². The van der Waals surface area contributed by atoms with Crippen LogP contribution >= 0.6 is 0 Å². The first kappa shape index (κ1) is 23.8. The smallest absolute Gasteiger partial charge is 0.289 e. The third-order valence-corrected chi connectivity index (χ3v) is 5.65. The lowest BCUT2D eigenvalue weighted by Crippen LogP contribution is -2.18. The summed E-state index contributed by atoms with van der Waals surface area (Å²) in [6.07, 6.45) is 1.56. The average Bonchev–Trinajstić information content (AvgIpc) is 2.96. The van der Waals surface area contributed by atoms with Crippen LogP contribution < -0.4 is 14.9 Å². The van der Waals surface area contributed by atoms with Crippen molar-refractivity contribution in [3.8, 4) is 11.5 Å². The minimum Gasteiger partial charge on any atom is -0.485 e. The summed E-state index contributed by atoms with van der Waals surface area (Å²) in [6, 6.07) is 36.6. The zero-order chi connectivity index (χ0) is 25.3. The SMILES string of the molecule is O=C(N/N=C/c1ccc(OCc2ccccc2)c(OCc2ccccc2)c1)c1ccc2ccccc2n1. The van der Waals surface area contributed by atoms with E-state index in [1.54, 1.807) is 12.3 Å². The quantitative estimate of drug-likeness (QED) is 0.200. The number of aromatic nitrogens is 1. The molecule has 1 heterocycles. The van der Waals surface area contributed by atoms with Crippen molar-refractivity contribution < 1.29 is 14.3 Å². The van der Waals surface area contributed by atoms with Crippen LogP contribution in [0.3, 0.4) is 0 Å². The van der Waals surface area contributed by atoms with Crippen LogP contribution in [-0.2, 0) is 13.2 Å². The van der Waals surface area contributed by atoms with Crippen molar-refractivity contribution in [2.24, 2.45) is 5.10 Å². The summed E-state index contributed by atoms with van der Waals surface area (Å²) in [6.45, 7) is 0.818. The molecule has 1 amide bonds. The summed E-state index contributed by atoms with van der Waals surface area (Å²) in [5, 5.41) is 5.09. The second-order valence-corrected chi connectivity index (χ2v) is 8.34. The Morgan fingerprint density at radius 3 is 2.11 bits per heavy atom. The highest BCUT2D eigenvalue weighted by Gasteiger charge is 2.09. The monoisotopic (exact) mass is 487 g/mol. The first-order valence-electron chi connectivity index (χ1n) is 11.9. The third kappa shape index (κ3) is 6.38. The molecule has 0 radical (unpaired) electrons. The number of hydrogen-bond donors (Lipinski definition) is 1. The lowest BCUT2D eigenvalue weighted by Gasteiger charge is -2.14. The topological polar surface area (TPSA) is 72.8 Å². The van der Waals surface area contributed by atoms with Gasteiger partial charge in [-0.3, -0.25) is 4.79 Å². The summed E-state index contributed by atoms with van der Waals surface area (Å²) in [5.41, 5.74) is 6.46. The molecule has 0 atom stereocenters.